The van der Waals surface area contributed by atoms with E-state index in [2.05, 4.69) is 10.5 Å². The van der Waals surface area contributed by atoms with Crippen LogP contribution in [-0.4, -0.2) is 16.2 Å². The van der Waals surface area contributed by atoms with Crippen molar-refractivity contribution in [3.63, 3.8) is 0 Å². The summed E-state index contributed by atoms with van der Waals surface area (Å²) in [7, 11) is 0. The predicted octanol–water partition coefficient (Wildman–Crippen LogP) is 6.71. The van der Waals surface area contributed by atoms with Crippen molar-refractivity contribution in [1.29, 1.82) is 0 Å². The van der Waals surface area contributed by atoms with Crippen molar-refractivity contribution in [3.05, 3.63) is 106 Å². The van der Waals surface area contributed by atoms with E-state index in [1.165, 1.54) is 0 Å². The molecule has 170 valence electrons. The quantitative estimate of drug-likeness (QED) is 0.360. The second kappa shape index (κ2) is 8.80. The minimum absolute atomic E-state index is 0.239. The van der Waals surface area contributed by atoms with Crippen molar-refractivity contribution in [2.75, 3.05) is 4.90 Å². The summed E-state index contributed by atoms with van der Waals surface area (Å²) >= 11 is 6.28. The van der Waals surface area contributed by atoms with Crippen molar-refractivity contribution >= 4 is 28.9 Å². The smallest absolute Gasteiger partial charge is 0.326 e. The van der Waals surface area contributed by atoms with Crippen LogP contribution in [0.15, 0.2) is 83.0 Å². The third-order valence-electron chi connectivity index (χ3n) is 6.10. The molecule has 6 nitrogen and oxygen atoms in total. The Morgan fingerprint density at radius 2 is 1.74 bits per heavy atom. The van der Waals surface area contributed by atoms with E-state index in [9.17, 15) is 4.79 Å². The van der Waals surface area contributed by atoms with Gasteiger partial charge in [0.05, 0.1) is 17.3 Å². The zero-order chi connectivity index (χ0) is 23.8. The molecule has 3 aromatic carbocycles. The highest BCUT2D eigenvalue weighted by atomic mass is 35.5. The maximum absolute atomic E-state index is 13.4. The van der Waals surface area contributed by atoms with E-state index < -0.39 is 6.04 Å². The average molecular weight is 471 g/mol. The minimum atomic E-state index is -0.502. The summed E-state index contributed by atoms with van der Waals surface area (Å²) in [6.45, 7) is 5.97. The number of anilines is 1. The topological polar surface area (TPSA) is 71.3 Å². The molecule has 1 aromatic heterocycles. The van der Waals surface area contributed by atoms with Gasteiger partial charge in [-0.3, -0.25) is 4.90 Å². The van der Waals surface area contributed by atoms with Gasteiger partial charge < -0.3 is 9.84 Å². The lowest BCUT2D eigenvalue weighted by molar-refractivity contribution is 0.244. The molecule has 0 spiro atoms. The van der Waals surface area contributed by atoms with Crippen molar-refractivity contribution < 1.29 is 9.32 Å². The maximum Gasteiger partial charge on any atom is 0.326 e. The van der Waals surface area contributed by atoms with Crippen LogP contribution in [0.5, 0.6) is 0 Å². The van der Waals surface area contributed by atoms with Crippen LogP contribution >= 0.6 is 11.6 Å². The average Bonchev–Trinajstić information content (AvgIpc) is 3.31. The van der Waals surface area contributed by atoms with Gasteiger partial charge in [0.2, 0.25) is 5.82 Å². The van der Waals surface area contributed by atoms with Crippen molar-refractivity contribution in [2.45, 2.75) is 26.8 Å². The van der Waals surface area contributed by atoms with Crippen LogP contribution in [-0.2, 0) is 0 Å². The van der Waals surface area contributed by atoms with Crippen LogP contribution < -0.4 is 10.2 Å². The lowest BCUT2D eigenvalue weighted by Crippen LogP contribution is -2.46. The van der Waals surface area contributed by atoms with E-state index >= 15 is 0 Å². The van der Waals surface area contributed by atoms with Crippen molar-refractivity contribution in [3.8, 4) is 11.4 Å². The fraction of sp³-hybridized carbons (Fsp3) is 0.148. The summed E-state index contributed by atoms with van der Waals surface area (Å²) in [5, 5.41) is 7.90. The molecule has 0 bridgehead atoms. The molecule has 5 rings (SSSR count). The Hall–Kier alpha value is -3.90. The zero-order valence-electron chi connectivity index (χ0n) is 19.0. The van der Waals surface area contributed by atoms with Crippen LogP contribution in [0.25, 0.3) is 17.0 Å². The highest BCUT2D eigenvalue weighted by molar-refractivity contribution is 6.30. The van der Waals surface area contributed by atoms with Gasteiger partial charge in [0, 0.05) is 16.3 Å². The van der Waals surface area contributed by atoms with Gasteiger partial charge in [0.15, 0.2) is 0 Å². The molecular weight excluding hydrogens is 448 g/mol. The molecule has 1 atom stereocenters. The first-order valence-corrected chi connectivity index (χ1v) is 11.3. The first-order valence-electron chi connectivity index (χ1n) is 11.0. The Balaban J connectivity index is 1.67. The van der Waals surface area contributed by atoms with Gasteiger partial charge in [0.25, 0.3) is 5.89 Å². The van der Waals surface area contributed by atoms with Crippen LogP contribution in [0.2, 0.25) is 5.02 Å². The third-order valence-corrected chi connectivity index (χ3v) is 6.34. The Kier molecular flexibility index (Phi) is 5.67. The first-order chi connectivity index (χ1) is 16.4. The number of hydrogen-bond acceptors (Lipinski definition) is 4. The van der Waals surface area contributed by atoms with Crippen LogP contribution in [0.1, 0.15) is 35.5 Å². The zero-order valence-corrected chi connectivity index (χ0v) is 19.8. The second-order valence-corrected chi connectivity index (χ2v) is 8.77. The molecular formula is C27H23ClN4O2. The number of hydrogen-bond donors (Lipinski definition) is 1. The Morgan fingerprint density at radius 3 is 2.47 bits per heavy atom. The third kappa shape index (κ3) is 3.97. The molecule has 0 radical (unpaired) electrons. The molecule has 7 heteroatoms. The molecule has 1 aliphatic rings. The Labute approximate surface area is 202 Å². The predicted molar refractivity (Wildman–Crippen MR) is 133 cm³/mol. The van der Waals surface area contributed by atoms with Crippen molar-refractivity contribution in [1.82, 2.24) is 15.5 Å². The monoisotopic (exact) mass is 470 g/mol. The molecule has 0 aliphatic carbocycles. The number of aromatic nitrogens is 2. The normalized spacial score (nSPS) is 16.1. The van der Waals surface area contributed by atoms with E-state index in [4.69, 9.17) is 21.1 Å². The van der Waals surface area contributed by atoms with Gasteiger partial charge in [-0.15, -0.1) is 0 Å². The molecule has 1 N–H and O–H groups in total. The standard InChI is InChI=1S/C27H23ClN4O2/c1-16-12-13-22(14-17(16)2)32-18(3)23(24(29-27(32)33)20-10-7-11-21(28)15-20)26-30-25(31-34-26)19-8-5-4-6-9-19/h4-15,24H,1-3H3,(H,29,33). The van der Waals surface area contributed by atoms with E-state index in [1.54, 1.807) is 11.0 Å². The van der Waals surface area contributed by atoms with Gasteiger partial charge in [0.1, 0.15) is 0 Å². The molecule has 0 fully saturated rings. The number of allylic oxidation sites excluding steroid dienone is 1. The van der Waals surface area contributed by atoms with Crippen LogP contribution in [0.3, 0.4) is 0 Å². The number of amides is 2. The number of rotatable bonds is 4. The lowest BCUT2D eigenvalue weighted by atomic mass is 9.94. The number of aryl methyl sites for hydroxylation is 2. The summed E-state index contributed by atoms with van der Waals surface area (Å²) in [5.41, 5.74) is 6.12. The summed E-state index contributed by atoms with van der Waals surface area (Å²) in [6, 6.07) is 22.2. The van der Waals surface area contributed by atoms with E-state index in [0.717, 1.165) is 33.5 Å². The van der Waals surface area contributed by atoms with Gasteiger partial charge in [-0.05, 0) is 61.7 Å². The van der Waals surface area contributed by atoms with Gasteiger partial charge >= 0.3 is 6.03 Å². The molecule has 2 heterocycles. The molecule has 2 amide bonds. The Morgan fingerprint density at radius 1 is 0.941 bits per heavy atom. The number of urea groups is 1. The SMILES string of the molecule is CC1=C(c2nc(-c3ccccc3)no2)C(c2cccc(Cl)c2)NC(=O)N1c1ccc(C)c(C)c1. The molecule has 0 saturated carbocycles. The first kappa shape index (κ1) is 21.9. The van der Waals surface area contributed by atoms with Gasteiger partial charge in [-0.25, -0.2) is 4.79 Å². The second-order valence-electron chi connectivity index (χ2n) is 8.33. The number of carbonyl (C=O) groups excluding carboxylic acids is 1. The van der Waals surface area contributed by atoms with E-state index in [1.807, 2.05) is 87.5 Å². The molecule has 1 unspecified atom stereocenters. The largest absolute Gasteiger partial charge is 0.334 e. The number of nitrogens with one attached hydrogen (secondary N) is 1. The van der Waals surface area contributed by atoms with Crippen LogP contribution in [0.4, 0.5) is 10.5 Å². The van der Waals surface area contributed by atoms with Crippen molar-refractivity contribution in [2.24, 2.45) is 0 Å². The van der Waals surface area contributed by atoms with Gasteiger partial charge in [-0.1, -0.05) is 65.3 Å². The highest BCUT2D eigenvalue weighted by Crippen LogP contribution is 2.39. The molecule has 0 saturated heterocycles. The summed E-state index contributed by atoms with van der Waals surface area (Å²) in [4.78, 5) is 19.7. The molecule has 34 heavy (non-hydrogen) atoms. The van der Waals surface area contributed by atoms with E-state index in [-0.39, 0.29) is 6.03 Å². The Bertz CT molecular complexity index is 1410. The maximum atomic E-state index is 13.4. The van der Waals surface area contributed by atoms with Crippen LogP contribution in [0, 0.1) is 13.8 Å². The number of halogens is 1. The molecule has 4 aromatic rings. The number of benzene rings is 3. The number of carbonyl (C=O) groups is 1. The summed E-state index contributed by atoms with van der Waals surface area (Å²) in [6.07, 6.45) is 0. The fourth-order valence-corrected chi connectivity index (χ4v) is 4.37. The lowest BCUT2D eigenvalue weighted by Gasteiger charge is -2.35. The highest BCUT2D eigenvalue weighted by Gasteiger charge is 2.36. The van der Waals surface area contributed by atoms with E-state index in [0.29, 0.717) is 22.4 Å². The van der Waals surface area contributed by atoms with Gasteiger partial charge in [-0.2, -0.15) is 4.98 Å². The molecule has 1 aliphatic heterocycles. The summed E-state index contributed by atoms with van der Waals surface area (Å²) in [5.74, 6) is 0.825. The number of nitrogens with zero attached hydrogens (tertiary/aromatic N) is 3. The fourth-order valence-electron chi connectivity index (χ4n) is 4.17. The minimum Gasteiger partial charge on any atom is -0.334 e. The summed E-state index contributed by atoms with van der Waals surface area (Å²) < 4.78 is 5.74.